The fraction of sp³-hybridized carbons (Fsp3) is 0.606. The standard InChI is InChI=1S/C33H49N2O2/c1-7-9-11-12-13-14-26-15-17-27(18-16-26)28-19-21-29(22-20-28)31(36)34(23-10-8-2)30-24-32(3,4)35(37)33(5,6)25-30/h15-22,30H,7-14,23-25H2,1-6H3. The zero-order valence-electron chi connectivity index (χ0n) is 24.2. The molecule has 0 aliphatic carbocycles. The number of aryl methyl sites for hydroxylation is 1. The zero-order valence-corrected chi connectivity index (χ0v) is 24.2. The highest BCUT2D eigenvalue weighted by atomic mass is 16.5. The first-order valence-corrected chi connectivity index (χ1v) is 14.6. The predicted octanol–water partition coefficient (Wildman–Crippen LogP) is 8.48. The molecule has 0 unspecified atom stereocenters. The second-order valence-corrected chi connectivity index (χ2v) is 12.3. The Morgan fingerprint density at radius 1 is 0.784 bits per heavy atom. The van der Waals surface area contributed by atoms with Gasteiger partial charge in [0.15, 0.2) is 0 Å². The van der Waals surface area contributed by atoms with Crippen molar-refractivity contribution in [2.75, 3.05) is 6.54 Å². The Labute approximate surface area is 226 Å². The molecule has 1 radical (unpaired) electrons. The van der Waals surface area contributed by atoms with Gasteiger partial charge in [-0.15, -0.1) is 10.3 Å². The van der Waals surface area contributed by atoms with E-state index in [1.54, 1.807) is 0 Å². The van der Waals surface area contributed by atoms with E-state index in [0.717, 1.165) is 36.9 Å². The van der Waals surface area contributed by atoms with E-state index in [1.807, 2.05) is 44.7 Å². The molecule has 1 heterocycles. The van der Waals surface area contributed by atoms with Gasteiger partial charge in [0, 0.05) is 29.2 Å². The average molecular weight is 506 g/mol. The molecule has 0 aromatic heterocycles. The van der Waals surface area contributed by atoms with Crippen LogP contribution in [0.4, 0.5) is 0 Å². The van der Waals surface area contributed by atoms with Crippen LogP contribution >= 0.6 is 0 Å². The van der Waals surface area contributed by atoms with Crippen LogP contribution in [0.5, 0.6) is 0 Å². The Kier molecular flexibility index (Phi) is 10.4. The van der Waals surface area contributed by atoms with Crippen molar-refractivity contribution in [2.24, 2.45) is 0 Å². The highest BCUT2D eigenvalue weighted by molar-refractivity contribution is 5.95. The summed E-state index contributed by atoms with van der Waals surface area (Å²) < 4.78 is 0. The molecule has 1 aliphatic rings. The second kappa shape index (κ2) is 13.1. The third-order valence-electron chi connectivity index (χ3n) is 8.01. The summed E-state index contributed by atoms with van der Waals surface area (Å²) in [5, 5.41) is 14.1. The van der Waals surface area contributed by atoms with Crippen LogP contribution in [-0.2, 0) is 11.6 Å². The molecule has 3 rings (SSSR count). The fourth-order valence-electron chi connectivity index (χ4n) is 5.98. The molecule has 1 amide bonds. The minimum Gasteiger partial charge on any atom is -0.336 e. The minimum atomic E-state index is -0.497. The quantitative estimate of drug-likeness (QED) is 0.271. The molecule has 0 spiro atoms. The smallest absolute Gasteiger partial charge is 0.254 e. The van der Waals surface area contributed by atoms with Crippen molar-refractivity contribution in [3.8, 4) is 11.1 Å². The van der Waals surface area contributed by atoms with Gasteiger partial charge in [-0.25, -0.2) is 0 Å². The summed E-state index contributed by atoms with van der Waals surface area (Å²) in [5.41, 5.74) is 3.44. The van der Waals surface area contributed by atoms with Crippen LogP contribution in [0.15, 0.2) is 48.5 Å². The van der Waals surface area contributed by atoms with Gasteiger partial charge in [0.2, 0.25) is 0 Å². The summed E-state index contributed by atoms with van der Waals surface area (Å²) >= 11 is 0. The Morgan fingerprint density at radius 2 is 1.30 bits per heavy atom. The van der Waals surface area contributed by atoms with Crippen molar-refractivity contribution in [1.82, 2.24) is 9.96 Å². The summed E-state index contributed by atoms with van der Waals surface area (Å²) in [6, 6.07) is 17.0. The van der Waals surface area contributed by atoms with Crippen molar-refractivity contribution in [3.63, 3.8) is 0 Å². The van der Waals surface area contributed by atoms with E-state index in [9.17, 15) is 10.0 Å². The highest BCUT2D eigenvalue weighted by Crippen LogP contribution is 2.39. The number of unbranched alkanes of at least 4 members (excludes halogenated alkanes) is 5. The van der Waals surface area contributed by atoms with Crippen molar-refractivity contribution in [2.45, 2.75) is 123 Å². The second-order valence-electron chi connectivity index (χ2n) is 12.3. The number of carbonyl (C=O) groups excluding carboxylic acids is 1. The lowest BCUT2D eigenvalue weighted by molar-refractivity contribution is -0.293. The number of carbonyl (C=O) groups is 1. The molecule has 0 atom stereocenters. The van der Waals surface area contributed by atoms with Crippen molar-refractivity contribution in [3.05, 3.63) is 59.7 Å². The molecule has 203 valence electrons. The van der Waals surface area contributed by atoms with Crippen molar-refractivity contribution < 1.29 is 10.0 Å². The van der Waals surface area contributed by atoms with Crippen LogP contribution in [0.3, 0.4) is 0 Å². The molecular formula is C33H49N2O2. The average Bonchev–Trinajstić information content (AvgIpc) is 2.87. The maximum atomic E-state index is 13.7. The minimum absolute atomic E-state index is 0.0587. The number of nitrogens with zero attached hydrogens (tertiary/aromatic N) is 2. The van der Waals surface area contributed by atoms with Gasteiger partial charge >= 0.3 is 0 Å². The van der Waals surface area contributed by atoms with Gasteiger partial charge in [-0.1, -0.05) is 82.3 Å². The van der Waals surface area contributed by atoms with Crippen LogP contribution < -0.4 is 0 Å². The number of hydrogen-bond donors (Lipinski definition) is 0. The first kappa shape index (κ1) is 29.4. The molecule has 4 heteroatoms. The zero-order chi connectivity index (χ0) is 27.1. The van der Waals surface area contributed by atoms with E-state index in [1.165, 1.54) is 48.3 Å². The van der Waals surface area contributed by atoms with Crippen LogP contribution in [0.1, 0.15) is 115 Å². The van der Waals surface area contributed by atoms with Gasteiger partial charge in [-0.3, -0.25) is 4.79 Å². The summed E-state index contributed by atoms with van der Waals surface area (Å²) in [5.74, 6) is 0.0781. The lowest BCUT2D eigenvalue weighted by Gasteiger charge is -2.52. The van der Waals surface area contributed by atoms with Gasteiger partial charge in [0.1, 0.15) is 0 Å². The van der Waals surface area contributed by atoms with E-state index in [4.69, 9.17) is 0 Å². The molecular weight excluding hydrogens is 456 g/mol. The van der Waals surface area contributed by atoms with E-state index in [-0.39, 0.29) is 11.9 Å². The van der Waals surface area contributed by atoms with E-state index in [2.05, 4.69) is 50.2 Å². The lowest BCUT2D eigenvalue weighted by atomic mass is 9.78. The Hall–Kier alpha value is -2.17. The maximum Gasteiger partial charge on any atom is 0.254 e. The van der Waals surface area contributed by atoms with Crippen LogP contribution in [0.2, 0.25) is 0 Å². The molecule has 4 nitrogen and oxygen atoms in total. The van der Waals surface area contributed by atoms with E-state index >= 15 is 0 Å². The number of hydroxylamine groups is 2. The van der Waals surface area contributed by atoms with Gasteiger partial charge < -0.3 is 4.90 Å². The monoisotopic (exact) mass is 505 g/mol. The van der Waals surface area contributed by atoms with Crippen molar-refractivity contribution in [1.29, 1.82) is 0 Å². The molecule has 1 aliphatic heterocycles. The molecule has 1 saturated heterocycles. The number of benzene rings is 2. The largest absolute Gasteiger partial charge is 0.336 e. The Balaban J connectivity index is 1.70. The van der Waals surface area contributed by atoms with Gasteiger partial charge in [0.25, 0.3) is 5.91 Å². The van der Waals surface area contributed by atoms with Crippen LogP contribution in [-0.4, -0.2) is 39.5 Å². The van der Waals surface area contributed by atoms with Gasteiger partial charge in [-0.2, -0.15) is 0 Å². The Morgan fingerprint density at radius 3 is 1.84 bits per heavy atom. The molecule has 2 aromatic carbocycles. The summed E-state index contributed by atoms with van der Waals surface area (Å²) in [6.07, 6.45) is 11.1. The maximum absolute atomic E-state index is 13.7. The normalized spacial score (nSPS) is 17.6. The molecule has 1 fully saturated rings. The van der Waals surface area contributed by atoms with Crippen LogP contribution in [0, 0.1) is 0 Å². The van der Waals surface area contributed by atoms with Crippen molar-refractivity contribution >= 4 is 5.91 Å². The van der Waals surface area contributed by atoms with Gasteiger partial charge in [0.05, 0.1) is 0 Å². The summed E-state index contributed by atoms with van der Waals surface area (Å²) in [7, 11) is 0. The SMILES string of the molecule is CCCCCCCc1ccc(-c2ccc(C(=O)N(CCCC)C3CC(C)(C)N([O])C(C)(C)C3)cc2)cc1. The predicted molar refractivity (Wildman–Crippen MR) is 154 cm³/mol. The number of hydrogen-bond acceptors (Lipinski definition) is 2. The molecule has 0 bridgehead atoms. The first-order valence-electron chi connectivity index (χ1n) is 14.6. The number of amides is 1. The van der Waals surface area contributed by atoms with E-state index in [0.29, 0.717) is 12.8 Å². The molecule has 0 N–H and O–H groups in total. The number of rotatable bonds is 12. The first-order chi connectivity index (χ1) is 17.6. The summed E-state index contributed by atoms with van der Waals surface area (Å²) in [4.78, 5) is 15.8. The van der Waals surface area contributed by atoms with Gasteiger partial charge in [-0.05, 0) is 88.6 Å². The molecule has 0 saturated carbocycles. The topological polar surface area (TPSA) is 43.5 Å². The van der Waals surface area contributed by atoms with Crippen LogP contribution in [0.25, 0.3) is 11.1 Å². The third-order valence-corrected chi connectivity index (χ3v) is 8.01. The fourth-order valence-corrected chi connectivity index (χ4v) is 5.98. The Bertz CT molecular complexity index is 960. The lowest BCUT2D eigenvalue weighted by Crippen LogP contribution is -2.63. The number of piperidine rings is 1. The molecule has 2 aromatic rings. The summed E-state index contributed by atoms with van der Waals surface area (Å²) in [6.45, 7) is 13.2. The van der Waals surface area contributed by atoms with E-state index < -0.39 is 11.1 Å². The molecule has 37 heavy (non-hydrogen) atoms. The third kappa shape index (κ3) is 7.67. The highest BCUT2D eigenvalue weighted by Gasteiger charge is 2.48.